The van der Waals surface area contributed by atoms with Gasteiger partial charge in [-0.05, 0) is 12.4 Å². The van der Waals surface area contributed by atoms with Gasteiger partial charge >= 0.3 is 0 Å². The van der Waals surface area contributed by atoms with Crippen molar-refractivity contribution in [2.45, 2.75) is 0 Å². The van der Waals surface area contributed by atoms with Crippen LogP contribution in [0.2, 0.25) is 0 Å². The minimum atomic E-state index is 0. The van der Waals surface area contributed by atoms with Crippen LogP contribution in [-0.2, 0) is 32.7 Å². The van der Waals surface area contributed by atoms with Crippen LogP contribution in [0.5, 0.6) is 0 Å². The zero-order chi connectivity index (χ0) is 8.23. The largest absolute Gasteiger partial charge is 0.355 e. The van der Waals surface area contributed by atoms with Gasteiger partial charge in [-0.25, -0.2) is 11.6 Å². The predicted molar refractivity (Wildman–Crippen MR) is 42.9 cm³/mol. The van der Waals surface area contributed by atoms with Crippen LogP contribution in [0.3, 0.4) is 0 Å². The Morgan fingerprint density at radius 1 is 1.15 bits per heavy atom. The van der Waals surface area contributed by atoms with Crippen molar-refractivity contribution < 1.29 is 32.7 Å². The molecule has 0 amide bonds. The second-order valence-electron chi connectivity index (χ2n) is 2.20. The average molecular weight is 244 g/mol. The van der Waals surface area contributed by atoms with Crippen LogP contribution in [0.1, 0.15) is 0 Å². The zero-order valence-electron chi connectivity index (χ0n) is 6.81. The Balaban J connectivity index is 0.000000845. The number of pyridine rings is 1. The van der Waals surface area contributed by atoms with Gasteiger partial charge in [0.25, 0.3) is 0 Å². The summed E-state index contributed by atoms with van der Waals surface area (Å²) in [5.74, 6) is 0. The molecule has 3 nitrogen and oxygen atoms in total. The molecular formula is C9H5N3Y-2. The smallest absolute Gasteiger partial charge is 0.0265 e. The third-order valence-corrected chi connectivity index (χ3v) is 1.43. The van der Waals surface area contributed by atoms with Gasteiger partial charge in [-0.2, -0.15) is 6.07 Å². The molecule has 0 spiro atoms. The molecule has 2 aromatic heterocycles. The maximum atomic E-state index is 3.88. The molecule has 0 bridgehead atoms. The molecule has 0 aliphatic heterocycles. The van der Waals surface area contributed by atoms with E-state index in [0.29, 0.717) is 0 Å². The third kappa shape index (κ3) is 2.64. The summed E-state index contributed by atoms with van der Waals surface area (Å²) >= 11 is 0. The van der Waals surface area contributed by atoms with Crippen LogP contribution in [0.15, 0.2) is 31.0 Å². The van der Waals surface area contributed by atoms with Crippen molar-refractivity contribution in [3.8, 4) is 11.1 Å². The molecule has 4 heteroatoms. The van der Waals surface area contributed by atoms with Crippen molar-refractivity contribution in [3.63, 3.8) is 0 Å². The van der Waals surface area contributed by atoms with Crippen LogP contribution >= 0.6 is 0 Å². The third-order valence-electron chi connectivity index (χ3n) is 1.43. The summed E-state index contributed by atoms with van der Waals surface area (Å²) in [5.41, 5.74) is 1.74. The van der Waals surface area contributed by atoms with Crippen LogP contribution in [0.25, 0.3) is 11.1 Å². The van der Waals surface area contributed by atoms with Gasteiger partial charge < -0.3 is 9.97 Å². The average Bonchev–Trinajstić information content (AvgIpc) is 2.21. The van der Waals surface area contributed by atoms with Crippen molar-refractivity contribution in [2.75, 3.05) is 0 Å². The summed E-state index contributed by atoms with van der Waals surface area (Å²) in [7, 11) is 0. The molecular weight excluding hydrogens is 239 g/mol. The standard InChI is InChI=1S/C9H5N3.Y/c1-3-10-4-2-8(1)9-5-11-7-12-6-9;/h1,3-5,7H;/q-2;. The molecule has 0 N–H and O–H groups in total. The minimum absolute atomic E-state index is 0. The number of nitrogens with zero attached hydrogens (tertiary/aromatic N) is 3. The van der Waals surface area contributed by atoms with Gasteiger partial charge in [-0.3, -0.25) is 10.5 Å². The molecule has 0 saturated heterocycles. The molecule has 0 aliphatic rings. The summed E-state index contributed by atoms with van der Waals surface area (Å²) in [5, 5.41) is 0. The second-order valence-corrected chi connectivity index (χ2v) is 2.20. The number of rotatable bonds is 1. The normalized spacial score (nSPS) is 8.92. The fourth-order valence-corrected chi connectivity index (χ4v) is 0.881. The monoisotopic (exact) mass is 244 g/mol. The molecule has 0 atom stereocenters. The van der Waals surface area contributed by atoms with Gasteiger partial charge in [0.2, 0.25) is 0 Å². The molecule has 0 fully saturated rings. The Labute approximate surface area is 102 Å². The van der Waals surface area contributed by atoms with Crippen molar-refractivity contribution in [1.82, 2.24) is 15.0 Å². The van der Waals surface area contributed by atoms with Gasteiger partial charge in [-0.15, -0.1) is 12.4 Å². The van der Waals surface area contributed by atoms with E-state index in [-0.39, 0.29) is 32.7 Å². The number of hydrogen-bond donors (Lipinski definition) is 0. The van der Waals surface area contributed by atoms with E-state index in [0.717, 1.165) is 11.1 Å². The summed E-state index contributed by atoms with van der Waals surface area (Å²) in [6.07, 6.45) is 9.26. The van der Waals surface area contributed by atoms with Gasteiger partial charge in [0, 0.05) is 39.0 Å². The molecule has 13 heavy (non-hydrogen) atoms. The summed E-state index contributed by atoms with van der Waals surface area (Å²) in [4.78, 5) is 11.5. The first-order valence-electron chi connectivity index (χ1n) is 3.46. The molecule has 61 valence electrons. The molecule has 0 unspecified atom stereocenters. The van der Waals surface area contributed by atoms with Crippen LogP contribution in [0.4, 0.5) is 0 Å². The quantitative estimate of drug-likeness (QED) is 0.706. The van der Waals surface area contributed by atoms with E-state index in [2.05, 4.69) is 27.2 Å². The van der Waals surface area contributed by atoms with Crippen LogP contribution in [0, 0.1) is 12.3 Å². The Bertz CT molecular complexity index is 312. The van der Waals surface area contributed by atoms with Gasteiger partial charge in [0.05, 0.1) is 0 Å². The first-order valence-corrected chi connectivity index (χ1v) is 3.46. The van der Waals surface area contributed by atoms with E-state index in [1.807, 2.05) is 6.07 Å². The van der Waals surface area contributed by atoms with Crippen molar-refractivity contribution >= 4 is 0 Å². The molecule has 0 saturated carbocycles. The molecule has 2 heterocycles. The van der Waals surface area contributed by atoms with E-state index in [4.69, 9.17) is 0 Å². The Morgan fingerprint density at radius 3 is 2.69 bits per heavy atom. The first-order chi connectivity index (χ1) is 5.97. The molecule has 2 rings (SSSR count). The van der Waals surface area contributed by atoms with Gasteiger partial charge in [-0.1, -0.05) is 0 Å². The zero-order valence-corrected chi connectivity index (χ0v) is 9.64. The first kappa shape index (κ1) is 10.4. The fourth-order valence-electron chi connectivity index (χ4n) is 0.881. The van der Waals surface area contributed by atoms with Crippen molar-refractivity contribution in [2.24, 2.45) is 0 Å². The van der Waals surface area contributed by atoms with E-state index in [1.54, 1.807) is 18.6 Å². The topological polar surface area (TPSA) is 38.7 Å². The second kappa shape index (κ2) is 5.15. The Kier molecular flexibility index (Phi) is 4.12. The maximum Gasteiger partial charge on any atom is 0.0265 e. The van der Waals surface area contributed by atoms with E-state index in [1.165, 1.54) is 6.33 Å². The predicted octanol–water partition coefficient (Wildman–Crippen LogP) is 1.14. The fraction of sp³-hybridized carbons (Fsp3) is 0. The van der Waals surface area contributed by atoms with E-state index < -0.39 is 0 Å². The Hall–Kier alpha value is -0.666. The van der Waals surface area contributed by atoms with E-state index >= 15 is 0 Å². The molecule has 0 aromatic carbocycles. The minimum Gasteiger partial charge on any atom is -0.355 e. The molecule has 2 aromatic rings. The van der Waals surface area contributed by atoms with Gasteiger partial charge in [0.15, 0.2) is 0 Å². The van der Waals surface area contributed by atoms with Crippen molar-refractivity contribution in [1.29, 1.82) is 0 Å². The van der Waals surface area contributed by atoms with Crippen LogP contribution < -0.4 is 0 Å². The number of hydrogen-bond acceptors (Lipinski definition) is 3. The summed E-state index contributed by atoms with van der Waals surface area (Å²) < 4.78 is 0. The van der Waals surface area contributed by atoms with Gasteiger partial charge in [0.1, 0.15) is 0 Å². The number of aromatic nitrogens is 3. The van der Waals surface area contributed by atoms with Crippen LogP contribution in [-0.4, -0.2) is 15.0 Å². The molecule has 0 aliphatic carbocycles. The Morgan fingerprint density at radius 2 is 2.08 bits per heavy atom. The van der Waals surface area contributed by atoms with E-state index in [9.17, 15) is 0 Å². The molecule has 1 radical (unpaired) electrons. The summed E-state index contributed by atoms with van der Waals surface area (Å²) in [6, 6.07) is 4.80. The van der Waals surface area contributed by atoms with Crippen molar-refractivity contribution in [3.05, 3.63) is 43.2 Å². The maximum absolute atomic E-state index is 3.88. The summed E-state index contributed by atoms with van der Waals surface area (Å²) in [6.45, 7) is 0. The SMILES string of the molecule is [Y].[c-]1cnccc1-c1[c-]ncnc1.